The first kappa shape index (κ1) is 8.68. The summed E-state index contributed by atoms with van der Waals surface area (Å²) in [6, 6.07) is 1.74. The molecule has 0 spiro atoms. The number of aromatic hydroxyl groups is 1. The zero-order valence-corrected chi connectivity index (χ0v) is 7.94. The molecule has 0 aliphatic rings. The molecule has 5 heteroatoms. The van der Waals surface area contributed by atoms with Crippen molar-refractivity contribution in [1.82, 2.24) is 19.9 Å². The fourth-order valence-electron chi connectivity index (χ4n) is 1.16. The van der Waals surface area contributed by atoms with Gasteiger partial charge in [-0.2, -0.15) is 4.98 Å². The van der Waals surface area contributed by atoms with Crippen LogP contribution in [0.2, 0.25) is 0 Å². The van der Waals surface area contributed by atoms with E-state index in [9.17, 15) is 5.11 Å². The Bertz CT molecular complexity index is 444. The smallest absolute Gasteiger partial charge is 0.232 e. The Labute approximate surface area is 80.9 Å². The van der Waals surface area contributed by atoms with Crippen LogP contribution in [0.25, 0.3) is 11.5 Å². The fourth-order valence-corrected chi connectivity index (χ4v) is 1.16. The Balaban J connectivity index is 2.49. The minimum absolute atomic E-state index is 0.0104. The van der Waals surface area contributed by atoms with Crippen LogP contribution >= 0.6 is 0 Å². The van der Waals surface area contributed by atoms with E-state index >= 15 is 0 Å². The van der Waals surface area contributed by atoms with Crippen LogP contribution in [0.3, 0.4) is 0 Å². The van der Waals surface area contributed by atoms with Crippen molar-refractivity contribution in [3.63, 3.8) is 0 Å². The maximum Gasteiger partial charge on any atom is 0.232 e. The monoisotopic (exact) mass is 190 g/mol. The van der Waals surface area contributed by atoms with E-state index in [2.05, 4.69) is 19.9 Å². The number of hydrogen-bond donors (Lipinski definition) is 2. The molecule has 0 atom stereocenters. The van der Waals surface area contributed by atoms with Crippen LogP contribution in [-0.4, -0.2) is 25.0 Å². The van der Waals surface area contributed by atoms with E-state index in [1.165, 1.54) is 0 Å². The molecule has 5 nitrogen and oxygen atoms in total. The first-order chi connectivity index (χ1) is 6.66. The van der Waals surface area contributed by atoms with Crippen molar-refractivity contribution in [1.29, 1.82) is 0 Å². The van der Waals surface area contributed by atoms with Gasteiger partial charge in [0.25, 0.3) is 0 Å². The molecule has 0 bridgehead atoms. The van der Waals surface area contributed by atoms with Gasteiger partial charge in [0.2, 0.25) is 5.88 Å². The van der Waals surface area contributed by atoms with Gasteiger partial charge in [0.15, 0.2) is 5.82 Å². The van der Waals surface area contributed by atoms with Crippen LogP contribution in [-0.2, 0) is 0 Å². The van der Waals surface area contributed by atoms with Crippen molar-refractivity contribution in [3.8, 4) is 17.4 Å². The van der Waals surface area contributed by atoms with Crippen molar-refractivity contribution in [3.05, 3.63) is 23.8 Å². The number of aromatic nitrogens is 4. The van der Waals surface area contributed by atoms with Gasteiger partial charge < -0.3 is 10.1 Å². The molecule has 14 heavy (non-hydrogen) atoms. The Morgan fingerprint density at radius 1 is 1.29 bits per heavy atom. The van der Waals surface area contributed by atoms with Crippen LogP contribution in [0.15, 0.2) is 12.3 Å². The molecule has 0 aliphatic carbocycles. The van der Waals surface area contributed by atoms with Gasteiger partial charge in [-0.1, -0.05) is 0 Å². The van der Waals surface area contributed by atoms with Crippen molar-refractivity contribution < 1.29 is 5.11 Å². The summed E-state index contributed by atoms with van der Waals surface area (Å²) in [5.41, 5.74) is 1.32. The van der Waals surface area contributed by atoms with E-state index in [0.29, 0.717) is 23.0 Å². The van der Waals surface area contributed by atoms with Crippen LogP contribution in [0.4, 0.5) is 0 Å². The number of rotatable bonds is 1. The molecule has 0 fully saturated rings. The van der Waals surface area contributed by atoms with Gasteiger partial charge in [0.1, 0.15) is 11.5 Å². The molecule has 2 heterocycles. The number of aryl methyl sites for hydroxylation is 2. The molecule has 2 aromatic rings. The SMILES string of the molecule is Cc1nccc(-c2nc(O)c(C)[nH]2)n1. The molecule has 2 aromatic heterocycles. The number of hydrogen-bond acceptors (Lipinski definition) is 4. The van der Waals surface area contributed by atoms with Gasteiger partial charge in [0, 0.05) is 6.20 Å². The third-order valence-electron chi connectivity index (χ3n) is 1.88. The number of nitrogens with zero attached hydrogens (tertiary/aromatic N) is 3. The summed E-state index contributed by atoms with van der Waals surface area (Å²) in [7, 11) is 0. The molecule has 0 aromatic carbocycles. The third-order valence-corrected chi connectivity index (χ3v) is 1.88. The van der Waals surface area contributed by atoms with E-state index < -0.39 is 0 Å². The quantitative estimate of drug-likeness (QED) is 0.708. The summed E-state index contributed by atoms with van der Waals surface area (Å²) in [5.74, 6) is 1.25. The minimum Gasteiger partial charge on any atom is -0.492 e. The number of H-pyrrole nitrogens is 1. The average Bonchev–Trinajstić information content (AvgIpc) is 2.47. The highest BCUT2D eigenvalue weighted by atomic mass is 16.3. The van der Waals surface area contributed by atoms with E-state index in [1.54, 1.807) is 26.1 Å². The molecular formula is C9H10N4O. The lowest BCUT2D eigenvalue weighted by molar-refractivity contribution is 0.452. The minimum atomic E-state index is 0.0104. The van der Waals surface area contributed by atoms with Gasteiger partial charge in [0.05, 0.1) is 5.69 Å². The normalized spacial score (nSPS) is 10.4. The van der Waals surface area contributed by atoms with Gasteiger partial charge >= 0.3 is 0 Å². The largest absolute Gasteiger partial charge is 0.492 e. The van der Waals surface area contributed by atoms with Crippen molar-refractivity contribution >= 4 is 0 Å². The Kier molecular flexibility index (Phi) is 1.92. The van der Waals surface area contributed by atoms with Crippen molar-refractivity contribution in [2.45, 2.75) is 13.8 Å². The standard InChI is InChI=1S/C9H10N4O/c1-5-9(14)13-8(11-5)7-3-4-10-6(2)12-7/h3-4,14H,1-2H3,(H,11,13). The predicted molar refractivity (Wildman–Crippen MR) is 50.8 cm³/mol. The average molecular weight is 190 g/mol. The van der Waals surface area contributed by atoms with Gasteiger partial charge in [-0.15, -0.1) is 0 Å². The molecular weight excluding hydrogens is 180 g/mol. The predicted octanol–water partition coefficient (Wildman–Crippen LogP) is 1.19. The van der Waals surface area contributed by atoms with E-state index in [0.717, 1.165) is 0 Å². The molecule has 2 rings (SSSR count). The van der Waals surface area contributed by atoms with Gasteiger partial charge in [-0.25, -0.2) is 9.97 Å². The molecule has 0 amide bonds. The summed E-state index contributed by atoms with van der Waals surface area (Å²) in [6.07, 6.45) is 1.66. The van der Waals surface area contributed by atoms with Gasteiger partial charge in [-0.05, 0) is 19.9 Å². The Morgan fingerprint density at radius 3 is 2.64 bits per heavy atom. The lowest BCUT2D eigenvalue weighted by Gasteiger charge is -1.95. The highest BCUT2D eigenvalue weighted by Crippen LogP contribution is 2.18. The van der Waals surface area contributed by atoms with Crippen LogP contribution in [0.1, 0.15) is 11.5 Å². The van der Waals surface area contributed by atoms with Crippen LogP contribution in [0.5, 0.6) is 5.88 Å². The topological polar surface area (TPSA) is 74.7 Å². The van der Waals surface area contributed by atoms with E-state index in [4.69, 9.17) is 0 Å². The van der Waals surface area contributed by atoms with Crippen molar-refractivity contribution in [2.24, 2.45) is 0 Å². The summed E-state index contributed by atoms with van der Waals surface area (Å²) in [5, 5.41) is 9.28. The summed E-state index contributed by atoms with van der Waals surface area (Å²) in [4.78, 5) is 15.0. The first-order valence-corrected chi connectivity index (χ1v) is 4.22. The van der Waals surface area contributed by atoms with Crippen molar-refractivity contribution in [2.75, 3.05) is 0 Å². The summed E-state index contributed by atoms with van der Waals surface area (Å²) in [6.45, 7) is 3.55. The van der Waals surface area contributed by atoms with E-state index in [1.807, 2.05) is 0 Å². The summed E-state index contributed by atoms with van der Waals surface area (Å²) >= 11 is 0. The highest BCUT2D eigenvalue weighted by molar-refractivity contribution is 5.50. The molecule has 2 N–H and O–H groups in total. The zero-order valence-electron chi connectivity index (χ0n) is 7.94. The second-order valence-corrected chi connectivity index (χ2v) is 3.02. The maximum atomic E-state index is 9.28. The summed E-state index contributed by atoms with van der Waals surface area (Å²) < 4.78 is 0. The number of aromatic amines is 1. The molecule has 72 valence electrons. The lowest BCUT2D eigenvalue weighted by atomic mass is 10.4. The highest BCUT2D eigenvalue weighted by Gasteiger charge is 2.07. The van der Waals surface area contributed by atoms with Crippen LogP contribution < -0.4 is 0 Å². The molecule has 0 saturated carbocycles. The number of nitrogens with one attached hydrogen (secondary N) is 1. The Hall–Kier alpha value is -1.91. The molecule has 0 radical (unpaired) electrons. The Morgan fingerprint density at radius 2 is 2.07 bits per heavy atom. The third kappa shape index (κ3) is 1.44. The van der Waals surface area contributed by atoms with Gasteiger partial charge in [-0.3, -0.25) is 0 Å². The zero-order chi connectivity index (χ0) is 10.1. The fraction of sp³-hybridized carbons (Fsp3) is 0.222. The lowest BCUT2D eigenvalue weighted by Crippen LogP contribution is -1.90. The van der Waals surface area contributed by atoms with E-state index in [-0.39, 0.29) is 5.88 Å². The molecule has 0 unspecified atom stereocenters. The maximum absolute atomic E-state index is 9.28. The second-order valence-electron chi connectivity index (χ2n) is 3.02. The number of imidazole rings is 1. The molecule has 0 aliphatic heterocycles. The second kappa shape index (κ2) is 3.10. The first-order valence-electron chi connectivity index (χ1n) is 4.22. The van der Waals surface area contributed by atoms with Crippen LogP contribution in [0, 0.1) is 13.8 Å². The molecule has 0 saturated heterocycles.